The van der Waals surface area contributed by atoms with E-state index in [-0.39, 0.29) is 16.2 Å². The second kappa shape index (κ2) is 11.7. The standard InChI is InChI=1S/C42H50B5N/c1-40(2,3)24-20-25(41(4,5)6)22-26(21-24)48-29-17-13-16-28(32-35(43)37(45)39(47)38(46)36(32)44)31(29)33-30(48)19-18-27(34(33)42(7,8)9)23-14-11-10-12-15-23/h10-22H,43-47H2,1-9H3. The number of hydrogen-bond acceptors (Lipinski definition) is 0. The number of benzene rings is 5. The second-order valence-electron chi connectivity index (χ2n) is 17.3. The van der Waals surface area contributed by atoms with Gasteiger partial charge in [-0.05, 0) is 79.5 Å². The first-order valence-electron chi connectivity index (χ1n) is 17.7. The molecule has 0 aliphatic rings. The lowest BCUT2D eigenvalue weighted by Crippen LogP contribution is -2.55. The van der Waals surface area contributed by atoms with Crippen LogP contribution in [0.25, 0.3) is 49.7 Å². The number of nitrogens with zero attached hydrogens (tertiary/aromatic N) is 1. The molecule has 48 heavy (non-hydrogen) atoms. The van der Waals surface area contributed by atoms with Crippen LogP contribution in [-0.2, 0) is 16.2 Å². The molecule has 0 N–H and O–H groups in total. The Hall–Kier alpha value is -3.78. The molecule has 0 fully saturated rings. The molecule has 1 heterocycles. The summed E-state index contributed by atoms with van der Waals surface area (Å²) in [7, 11) is 11.5. The van der Waals surface area contributed by atoms with Crippen molar-refractivity contribution in [2.24, 2.45) is 0 Å². The normalized spacial score (nSPS) is 12.7. The van der Waals surface area contributed by atoms with Crippen LogP contribution in [0.5, 0.6) is 0 Å². The van der Waals surface area contributed by atoms with Gasteiger partial charge in [-0.15, -0.1) is 16.4 Å². The van der Waals surface area contributed by atoms with Crippen LogP contribution in [0.1, 0.15) is 79.0 Å². The number of aromatic nitrogens is 1. The van der Waals surface area contributed by atoms with Crippen molar-refractivity contribution in [3.63, 3.8) is 0 Å². The number of rotatable bonds is 3. The second-order valence-corrected chi connectivity index (χ2v) is 17.3. The molecule has 0 saturated carbocycles. The van der Waals surface area contributed by atoms with Crippen molar-refractivity contribution in [2.45, 2.75) is 78.6 Å². The summed E-state index contributed by atoms with van der Waals surface area (Å²) < 4.78 is 2.57. The Morgan fingerprint density at radius 1 is 0.458 bits per heavy atom. The first kappa shape index (κ1) is 34.1. The molecule has 0 bridgehead atoms. The van der Waals surface area contributed by atoms with Gasteiger partial charge in [-0.3, -0.25) is 0 Å². The van der Waals surface area contributed by atoms with Gasteiger partial charge in [0.05, 0.1) is 11.0 Å². The zero-order valence-corrected chi connectivity index (χ0v) is 32.0. The fourth-order valence-corrected chi connectivity index (χ4v) is 7.78. The van der Waals surface area contributed by atoms with Crippen LogP contribution >= 0.6 is 0 Å². The lowest BCUT2D eigenvalue weighted by atomic mass is 9.59. The lowest BCUT2D eigenvalue weighted by molar-refractivity contribution is 0.568. The molecule has 0 radical (unpaired) electrons. The zero-order valence-electron chi connectivity index (χ0n) is 32.0. The Balaban J connectivity index is 1.90. The monoisotopic (exact) mass is 623 g/mol. The summed E-state index contributed by atoms with van der Waals surface area (Å²) in [6, 6.07) is 30.1. The van der Waals surface area contributed by atoms with Crippen LogP contribution in [0.2, 0.25) is 0 Å². The van der Waals surface area contributed by atoms with Crippen LogP contribution in [0, 0.1) is 0 Å². The minimum Gasteiger partial charge on any atom is -0.309 e. The Bertz CT molecular complexity index is 2160. The molecule has 0 spiro atoms. The largest absolute Gasteiger partial charge is 0.309 e. The molecule has 5 aromatic carbocycles. The van der Waals surface area contributed by atoms with Gasteiger partial charge < -0.3 is 4.57 Å². The fraction of sp³-hybridized carbons (Fsp3) is 0.286. The molecule has 0 atom stereocenters. The van der Waals surface area contributed by atoms with Gasteiger partial charge in [0.15, 0.2) is 0 Å². The number of fused-ring (bicyclic) bond motifs is 3. The quantitative estimate of drug-likeness (QED) is 0.267. The lowest BCUT2D eigenvalue weighted by Gasteiger charge is -2.27. The Morgan fingerprint density at radius 3 is 1.50 bits per heavy atom. The van der Waals surface area contributed by atoms with Gasteiger partial charge in [0.1, 0.15) is 39.2 Å². The van der Waals surface area contributed by atoms with Crippen molar-refractivity contribution in [1.82, 2.24) is 4.57 Å². The molecule has 1 nitrogen and oxygen atoms in total. The van der Waals surface area contributed by atoms with Crippen LogP contribution < -0.4 is 27.3 Å². The van der Waals surface area contributed by atoms with Crippen LogP contribution in [0.15, 0.2) is 78.9 Å². The maximum Gasteiger partial charge on any atom is 0.139 e. The van der Waals surface area contributed by atoms with E-state index < -0.39 is 0 Å². The Morgan fingerprint density at radius 2 is 0.979 bits per heavy atom. The maximum atomic E-state index is 2.57. The predicted octanol–water partition coefficient (Wildman–Crippen LogP) is 3.30. The van der Waals surface area contributed by atoms with Gasteiger partial charge in [-0.2, -0.15) is 0 Å². The highest BCUT2D eigenvalue weighted by Crippen LogP contribution is 2.46. The third-order valence-electron chi connectivity index (χ3n) is 11.0. The number of hydrogen-bond donors (Lipinski definition) is 0. The van der Waals surface area contributed by atoms with Crippen molar-refractivity contribution >= 4 is 88.4 Å². The first-order chi connectivity index (χ1) is 22.3. The molecule has 238 valence electrons. The highest BCUT2D eigenvalue weighted by atomic mass is 15.0. The molecule has 1 aromatic heterocycles. The van der Waals surface area contributed by atoms with E-state index in [4.69, 9.17) is 0 Å². The van der Waals surface area contributed by atoms with E-state index >= 15 is 0 Å². The summed E-state index contributed by atoms with van der Waals surface area (Å²) in [5.74, 6) is 0. The van der Waals surface area contributed by atoms with E-state index in [9.17, 15) is 0 Å². The van der Waals surface area contributed by atoms with Gasteiger partial charge in [0, 0.05) is 16.5 Å². The summed E-state index contributed by atoms with van der Waals surface area (Å²) in [4.78, 5) is 0. The summed E-state index contributed by atoms with van der Waals surface area (Å²) in [6.07, 6.45) is 0. The van der Waals surface area contributed by atoms with Crippen LogP contribution in [0.3, 0.4) is 0 Å². The van der Waals surface area contributed by atoms with Gasteiger partial charge in [-0.1, -0.05) is 128 Å². The highest BCUT2D eigenvalue weighted by Gasteiger charge is 2.29. The molecule has 0 amide bonds. The topological polar surface area (TPSA) is 4.93 Å². The SMILES string of the molecule is Bc1c(B)c(B)c(-c2cccc3c2c2c(C(C)(C)C)c(-c4ccccc4)ccc2n3-c2cc(C(C)(C)C)cc(C(C)(C)C)c2)c(B)c1B. The van der Waals surface area contributed by atoms with Crippen molar-refractivity contribution < 1.29 is 0 Å². The minimum absolute atomic E-state index is 0.0160. The average molecular weight is 623 g/mol. The molecule has 0 unspecified atom stereocenters. The Kier molecular flexibility index (Phi) is 8.30. The third kappa shape index (κ3) is 5.60. The Labute approximate surface area is 294 Å². The van der Waals surface area contributed by atoms with Gasteiger partial charge in [-0.25, -0.2) is 0 Å². The summed E-state index contributed by atoms with van der Waals surface area (Å²) in [6.45, 7) is 21.2. The van der Waals surface area contributed by atoms with Gasteiger partial charge in [0.2, 0.25) is 0 Å². The van der Waals surface area contributed by atoms with Crippen molar-refractivity contribution in [2.75, 3.05) is 0 Å². The van der Waals surface area contributed by atoms with E-state index in [0.29, 0.717) is 0 Å². The molecule has 0 saturated heterocycles. The molecule has 6 heteroatoms. The molecule has 0 aliphatic carbocycles. The van der Waals surface area contributed by atoms with E-state index in [2.05, 4.69) is 185 Å². The van der Waals surface area contributed by atoms with E-state index in [0.717, 1.165) is 0 Å². The molecule has 0 aliphatic heterocycles. The minimum atomic E-state index is -0.107. The molecule has 6 rings (SSSR count). The van der Waals surface area contributed by atoms with Crippen molar-refractivity contribution in [3.8, 4) is 27.9 Å². The first-order valence-corrected chi connectivity index (χ1v) is 17.7. The predicted molar refractivity (Wildman–Crippen MR) is 229 cm³/mol. The van der Waals surface area contributed by atoms with Crippen molar-refractivity contribution in [1.29, 1.82) is 0 Å². The third-order valence-corrected chi connectivity index (χ3v) is 11.0. The van der Waals surface area contributed by atoms with Crippen LogP contribution in [-0.4, -0.2) is 43.8 Å². The zero-order chi connectivity index (χ0) is 35.1. The fourth-order valence-electron chi connectivity index (χ4n) is 7.78. The summed E-state index contributed by atoms with van der Waals surface area (Å²) >= 11 is 0. The van der Waals surface area contributed by atoms with E-state index in [1.54, 1.807) is 0 Å². The average Bonchev–Trinajstić information content (AvgIpc) is 3.36. The smallest absolute Gasteiger partial charge is 0.139 e. The van der Waals surface area contributed by atoms with Gasteiger partial charge >= 0.3 is 0 Å². The van der Waals surface area contributed by atoms with Crippen molar-refractivity contribution in [3.05, 3.63) is 95.6 Å². The molecule has 6 aromatic rings. The summed E-state index contributed by atoms with van der Waals surface area (Å²) in [5, 5.41) is 2.71. The maximum absolute atomic E-state index is 2.57. The van der Waals surface area contributed by atoms with Gasteiger partial charge in [0.25, 0.3) is 0 Å². The molecular formula is C42H50B5N. The summed E-state index contributed by atoms with van der Waals surface area (Å²) in [5.41, 5.74) is 20.1. The molecular weight excluding hydrogens is 573 g/mol. The van der Waals surface area contributed by atoms with E-state index in [1.165, 1.54) is 93.8 Å². The highest BCUT2D eigenvalue weighted by molar-refractivity contribution is 6.69. The van der Waals surface area contributed by atoms with E-state index in [1.807, 2.05) is 0 Å². The van der Waals surface area contributed by atoms with Crippen LogP contribution in [0.4, 0.5) is 0 Å².